The van der Waals surface area contributed by atoms with Gasteiger partial charge in [-0.25, -0.2) is 4.98 Å². The van der Waals surface area contributed by atoms with E-state index in [1.54, 1.807) is 0 Å². The minimum atomic E-state index is -0.0400. The van der Waals surface area contributed by atoms with Gasteiger partial charge in [0, 0.05) is 28.4 Å². The highest BCUT2D eigenvalue weighted by Crippen LogP contribution is 2.29. The highest BCUT2D eigenvalue weighted by atomic mass is 16.1. The van der Waals surface area contributed by atoms with Crippen LogP contribution < -0.4 is 5.32 Å². The van der Waals surface area contributed by atoms with Crippen molar-refractivity contribution < 1.29 is 4.79 Å². The van der Waals surface area contributed by atoms with Gasteiger partial charge in [-0.1, -0.05) is 24.3 Å². The summed E-state index contributed by atoms with van der Waals surface area (Å²) in [7, 11) is 0. The molecule has 1 N–H and O–H groups in total. The van der Waals surface area contributed by atoms with Gasteiger partial charge < -0.3 is 5.32 Å². The summed E-state index contributed by atoms with van der Waals surface area (Å²) in [5, 5.41) is 3.79. The maximum absolute atomic E-state index is 11.7. The predicted octanol–water partition coefficient (Wildman–Crippen LogP) is 2.85. The van der Waals surface area contributed by atoms with Crippen LogP contribution in [0.4, 0.5) is 0 Å². The van der Waals surface area contributed by atoms with Crippen LogP contribution in [0.5, 0.6) is 0 Å². The molecule has 1 amide bonds. The molecule has 0 spiro atoms. The second-order valence-electron chi connectivity index (χ2n) is 5.23. The summed E-state index contributed by atoms with van der Waals surface area (Å²) in [6.45, 7) is 2.47. The minimum Gasteiger partial charge on any atom is -0.346 e. The maximum Gasteiger partial charge on any atom is 0.253 e. The first-order chi connectivity index (χ1) is 10.2. The van der Waals surface area contributed by atoms with Crippen LogP contribution in [0.1, 0.15) is 21.7 Å². The van der Waals surface area contributed by atoms with Gasteiger partial charge in [-0.15, -0.1) is 0 Å². The van der Waals surface area contributed by atoms with Crippen molar-refractivity contribution in [3.8, 4) is 11.1 Å². The van der Waals surface area contributed by atoms with Crippen molar-refractivity contribution in [3.05, 3.63) is 59.5 Å². The summed E-state index contributed by atoms with van der Waals surface area (Å²) >= 11 is 0. The first-order valence-corrected chi connectivity index (χ1v) is 6.86. The molecule has 21 heavy (non-hydrogen) atoms. The monoisotopic (exact) mass is 275 g/mol. The molecule has 0 saturated carbocycles. The third-order valence-corrected chi connectivity index (χ3v) is 3.81. The molecule has 4 heteroatoms. The van der Waals surface area contributed by atoms with E-state index in [0.29, 0.717) is 12.1 Å². The summed E-state index contributed by atoms with van der Waals surface area (Å²) < 4.78 is 0. The standard InChI is InChI=1S/C17H13N3O/c1-10-5-6-12(8-18-10)13-4-2-3-11-7-14-15(20-16(11)13)9-19-17(14)21/h2-8H,9H2,1H3,(H,19,21). The van der Waals surface area contributed by atoms with Gasteiger partial charge in [0.15, 0.2) is 0 Å². The van der Waals surface area contributed by atoms with Crippen LogP contribution in [0.25, 0.3) is 22.0 Å². The molecule has 3 aromatic rings. The Morgan fingerprint density at radius 1 is 1.14 bits per heavy atom. The van der Waals surface area contributed by atoms with Gasteiger partial charge in [-0.2, -0.15) is 0 Å². The normalized spacial score (nSPS) is 13.3. The van der Waals surface area contributed by atoms with Crippen molar-refractivity contribution in [2.45, 2.75) is 13.5 Å². The molecular weight excluding hydrogens is 262 g/mol. The molecule has 0 radical (unpaired) electrons. The van der Waals surface area contributed by atoms with E-state index in [9.17, 15) is 4.79 Å². The largest absolute Gasteiger partial charge is 0.346 e. The van der Waals surface area contributed by atoms with Crippen LogP contribution in [0.3, 0.4) is 0 Å². The Kier molecular flexibility index (Phi) is 2.51. The van der Waals surface area contributed by atoms with Crippen molar-refractivity contribution in [1.82, 2.24) is 15.3 Å². The zero-order chi connectivity index (χ0) is 14.4. The van der Waals surface area contributed by atoms with E-state index in [4.69, 9.17) is 4.98 Å². The summed E-state index contributed by atoms with van der Waals surface area (Å²) in [5.74, 6) is -0.0400. The molecule has 0 aliphatic carbocycles. The summed E-state index contributed by atoms with van der Waals surface area (Å²) in [6.07, 6.45) is 1.86. The second-order valence-corrected chi connectivity index (χ2v) is 5.23. The predicted molar refractivity (Wildman–Crippen MR) is 80.9 cm³/mol. The number of hydrogen-bond acceptors (Lipinski definition) is 3. The van der Waals surface area contributed by atoms with Crippen LogP contribution >= 0.6 is 0 Å². The van der Waals surface area contributed by atoms with Gasteiger partial charge in [-0.05, 0) is 19.1 Å². The number of fused-ring (bicyclic) bond motifs is 2. The lowest BCUT2D eigenvalue weighted by Gasteiger charge is -2.07. The number of carbonyl (C=O) groups is 1. The molecule has 2 aromatic heterocycles. The number of aryl methyl sites for hydroxylation is 1. The molecule has 0 saturated heterocycles. The molecule has 1 aliphatic rings. The number of para-hydroxylation sites is 1. The average molecular weight is 275 g/mol. The molecule has 0 fully saturated rings. The topological polar surface area (TPSA) is 54.9 Å². The Hall–Kier alpha value is -2.75. The molecule has 3 heterocycles. The summed E-state index contributed by atoms with van der Waals surface area (Å²) in [6, 6.07) is 12.0. The first-order valence-electron chi connectivity index (χ1n) is 6.86. The number of pyridine rings is 2. The van der Waals surface area contributed by atoms with Gasteiger partial charge in [0.2, 0.25) is 0 Å². The van der Waals surface area contributed by atoms with E-state index in [-0.39, 0.29) is 5.91 Å². The molecule has 0 bridgehead atoms. The van der Waals surface area contributed by atoms with E-state index in [2.05, 4.69) is 16.4 Å². The SMILES string of the molecule is Cc1ccc(-c2cccc3cc4c(nc23)CNC4=O)cn1. The van der Waals surface area contributed by atoms with Crippen LogP contribution in [-0.4, -0.2) is 15.9 Å². The first kappa shape index (κ1) is 12.0. The van der Waals surface area contributed by atoms with Crippen LogP contribution in [0, 0.1) is 6.92 Å². The smallest absolute Gasteiger partial charge is 0.253 e. The second kappa shape index (κ2) is 4.38. The molecule has 0 atom stereocenters. The van der Waals surface area contributed by atoms with Crippen molar-refractivity contribution in [2.75, 3.05) is 0 Å². The van der Waals surface area contributed by atoms with Gasteiger partial charge in [0.05, 0.1) is 23.3 Å². The molecule has 1 aromatic carbocycles. The molecule has 4 rings (SSSR count). The lowest BCUT2D eigenvalue weighted by Crippen LogP contribution is -2.12. The van der Waals surface area contributed by atoms with Crippen LogP contribution in [0.2, 0.25) is 0 Å². The number of carbonyl (C=O) groups excluding carboxylic acids is 1. The van der Waals surface area contributed by atoms with Gasteiger partial charge in [0.1, 0.15) is 0 Å². The zero-order valence-corrected chi connectivity index (χ0v) is 11.6. The third-order valence-electron chi connectivity index (χ3n) is 3.81. The fourth-order valence-electron chi connectivity index (χ4n) is 2.69. The van der Waals surface area contributed by atoms with Crippen molar-refractivity contribution in [2.24, 2.45) is 0 Å². The average Bonchev–Trinajstić information content (AvgIpc) is 2.86. The van der Waals surface area contributed by atoms with Gasteiger partial charge >= 0.3 is 0 Å². The Balaban J connectivity index is 1.98. The molecular formula is C17H13N3O. The van der Waals surface area contributed by atoms with Crippen molar-refractivity contribution in [3.63, 3.8) is 0 Å². The lowest BCUT2D eigenvalue weighted by atomic mass is 10.0. The fourth-order valence-corrected chi connectivity index (χ4v) is 2.69. The highest BCUT2D eigenvalue weighted by Gasteiger charge is 2.21. The number of hydrogen-bond donors (Lipinski definition) is 1. The number of nitrogens with zero attached hydrogens (tertiary/aromatic N) is 2. The Labute approximate surface area is 121 Å². The van der Waals surface area contributed by atoms with Crippen molar-refractivity contribution >= 4 is 16.8 Å². The fraction of sp³-hybridized carbons (Fsp3) is 0.118. The van der Waals surface area contributed by atoms with Gasteiger partial charge in [0.25, 0.3) is 5.91 Å². The quantitative estimate of drug-likeness (QED) is 0.743. The highest BCUT2D eigenvalue weighted by molar-refractivity contribution is 6.03. The summed E-state index contributed by atoms with van der Waals surface area (Å²) in [5.41, 5.74) is 5.49. The molecule has 102 valence electrons. The minimum absolute atomic E-state index is 0.0400. The number of benzene rings is 1. The van der Waals surface area contributed by atoms with E-state index >= 15 is 0 Å². The lowest BCUT2D eigenvalue weighted by molar-refractivity contribution is 0.0966. The van der Waals surface area contributed by atoms with E-state index < -0.39 is 0 Å². The van der Waals surface area contributed by atoms with E-state index in [1.165, 1.54) is 0 Å². The van der Waals surface area contributed by atoms with Crippen molar-refractivity contribution in [1.29, 1.82) is 0 Å². The Bertz CT molecular complexity index is 869. The maximum atomic E-state index is 11.7. The summed E-state index contributed by atoms with van der Waals surface area (Å²) in [4.78, 5) is 20.8. The number of nitrogens with one attached hydrogen (secondary N) is 1. The van der Waals surface area contributed by atoms with Crippen LogP contribution in [0.15, 0.2) is 42.6 Å². The van der Waals surface area contributed by atoms with E-state index in [1.807, 2.05) is 43.5 Å². The number of amides is 1. The number of rotatable bonds is 1. The van der Waals surface area contributed by atoms with Crippen LogP contribution in [-0.2, 0) is 6.54 Å². The third kappa shape index (κ3) is 1.88. The van der Waals surface area contributed by atoms with Gasteiger partial charge in [-0.3, -0.25) is 9.78 Å². The zero-order valence-electron chi connectivity index (χ0n) is 11.6. The Morgan fingerprint density at radius 3 is 2.86 bits per heavy atom. The molecule has 4 nitrogen and oxygen atoms in total. The number of aromatic nitrogens is 2. The molecule has 1 aliphatic heterocycles. The van der Waals surface area contributed by atoms with E-state index in [0.717, 1.165) is 33.4 Å². The Morgan fingerprint density at radius 2 is 2.05 bits per heavy atom. The molecule has 0 unspecified atom stereocenters.